The number of rotatable bonds is 7. The monoisotopic (exact) mass is 401 g/mol. The Morgan fingerprint density at radius 1 is 1.26 bits per heavy atom. The molecule has 0 saturated heterocycles. The Morgan fingerprint density at radius 2 is 2.00 bits per heavy atom. The molecule has 2 aromatic heterocycles. The molecular formula is C19H15NO5S2. The summed E-state index contributed by atoms with van der Waals surface area (Å²) in [7, 11) is 0. The van der Waals surface area contributed by atoms with E-state index in [9.17, 15) is 19.7 Å². The van der Waals surface area contributed by atoms with Crippen molar-refractivity contribution in [1.29, 1.82) is 0 Å². The van der Waals surface area contributed by atoms with E-state index in [1.165, 1.54) is 34.8 Å². The topological polar surface area (TPSA) is 86.5 Å². The Balaban J connectivity index is 2.16. The van der Waals surface area contributed by atoms with E-state index in [4.69, 9.17) is 4.74 Å². The lowest BCUT2D eigenvalue weighted by molar-refractivity contribution is -0.384. The Labute approximate surface area is 163 Å². The van der Waals surface area contributed by atoms with Crippen molar-refractivity contribution in [3.05, 3.63) is 62.3 Å². The lowest BCUT2D eigenvalue weighted by Gasteiger charge is -2.07. The highest BCUT2D eigenvalue weighted by atomic mass is 32.1. The number of non-ortho nitro benzene ring substituents is 1. The van der Waals surface area contributed by atoms with Crippen LogP contribution in [0.3, 0.4) is 0 Å². The molecule has 0 unspecified atom stereocenters. The predicted octanol–water partition coefficient (Wildman–Crippen LogP) is 4.97. The zero-order valence-electron chi connectivity index (χ0n) is 14.3. The number of aldehydes is 1. The van der Waals surface area contributed by atoms with Crippen LogP contribution in [-0.2, 0) is 16.0 Å². The minimum absolute atomic E-state index is 0.0173. The van der Waals surface area contributed by atoms with Gasteiger partial charge in [-0.25, -0.2) is 0 Å². The third-order valence-corrected chi connectivity index (χ3v) is 5.97. The van der Waals surface area contributed by atoms with E-state index in [2.05, 4.69) is 0 Å². The summed E-state index contributed by atoms with van der Waals surface area (Å²) in [5.74, 6) is -0.381. The van der Waals surface area contributed by atoms with E-state index >= 15 is 0 Å². The van der Waals surface area contributed by atoms with Crippen LogP contribution >= 0.6 is 22.7 Å². The van der Waals surface area contributed by atoms with E-state index in [-0.39, 0.29) is 24.7 Å². The van der Waals surface area contributed by atoms with Crippen LogP contribution in [0.5, 0.6) is 0 Å². The molecule has 0 aliphatic heterocycles. The molecule has 0 saturated carbocycles. The van der Waals surface area contributed by atoms with Gasteiger partial charge in [0.05, 0.1) is 22.8 Å². The van der Waals surface area contributed by atoms with Crippen molar-refractivity contribution in [3.8, 4) is 20.9 Å². The number of nitro benzene ring substituents is 1. The largest absolute Gasteiger partial charge is 0.466 e. The normalized spacial score (nSPS) is 10.6. The minimum atomic E-state index is -0.467. The van der Waals surface area contributed by atoms with E-state index in [1.54, 1.807) is 19.1 Å². The molecule has 2 heterocycles. The Bertz CT molecular complexity index is 974. The first-order valence-corrected chi connectivity index (χ1v) is 9.80. The maximum absolute atomic E-state index is 12.2. The number of carbonyl (C=O) groups is 2. The second-order valence-electron chi connectivity index (χ2n) is 5.53. The van der Waals surface area contributed by atoms with Crippen molar-refractivity contribution in [3.63, 3.8) is 0 Å². The lowest BCUT2D eigenvalue weighted by atomic mass is 10.00. The van der Waals surface area contributed by atoms with Crippen LogP contribution in [-0.4, -0.2) is 23.8 Å². The Kier molecular flexibility index (Phi) is 5.78. The second kappa shape index (κ2) is 8.24. The van der Waals surface area contributed by atoms with Crippen molar-refractivity contribution in [1.82, 2.24) is 0 Å². The van der Waals surface area contributed by atoms with Gasteiger partial charge in [0.1, 0.15) is 0 Å². The number of nitro groups is 1. The molecule has 0 bridgehead atoms. The van der Waals surface area contributed by atoms with Gasteiger partial charge in [-0.15, -0.1) is 22.7 Å². The van der Waals surface area contributed by atoms with E-state index in [0.717, 1.165) is 27.2 Å². The number of benzene rings is 1. The van der Waals surface area contributed by atoms with Gasteiger partial charge < -0.3 is 4.74 Å². The van der Waals surface area contributed by atoms with Gasteiger partial charge in [0.25, 0.3) is 5.69 Å². The molecule has 3 aromatic rings. The maximum Gasteiger partial charge on any atom is 0.310 e. The van der Waals surface area contributed by atoms with Gasteiger partial charge in [-0.05, 0) is 41.6 Å². The SMILES string of the molecule is CCOC(=O)Cc1c(-c2ccc([N+](=O)[O-])cc2)sc(C=O)c1-c1cccs1. The van der Waals surface area contributed by atoms with Crippen LogP contribution in [0.25, 0.3) is 20.9 Å². The van der Waals surface area contributed by atoms with Crippen molar-refractivity contribution < 1.29 is 19.2 Å². The van der Waals surface area contributed by atoms with Gasteiger partial charge in [-0.3, -0.25) is 19.7 Å². The number of hydrogen-bond acceptors (Lipinski definition) is 7. The summed E-state index contributed by atoms with van der Waals surface area (Å²) >= 11 is 2.75. The Morgan fingerprint density at radius 3 is 2.56 bits per heavy atom. The second-order valence-corrected chi connectivity index (χ2v) is 7.53. The summed E-state index contributed by atoms with van der Waals surface area (Å²) in [6.45, 7) is 2.00. The van der Waals surface area contributed by atoms with E-state index in [0.29, 0.717) is 10.4 Å². The summed E-state index contributed by atoms with van der Waals surface area (Å²) < 4.78 is 5.09. The highest BCUT2D eigenvalue weighted by molar-refractivity contribution is 7.19. The summed E-state index contributed by atoms with van der Waals surface area (Å²) in [6.07, 6.45) is 0.807. The predicted molar refractivity (Wildman–Crippen MR) is 105 cm³/mol. The molecule has 0 fully saturated rings. The molecule has 27 heavy (non-hydrogen) atoms. The van der Waals surface area contributed by atoms with Gasteiger partial charge in [-0.1, -0.05) is 6.07 Å². The zero-order chi connectivity index (χ0) is 19.4. The fraction of sp³-hybridized carbons (Fsp3) is 0.158. The highest BCUT2D eigenvalue weighted by Crippen LogP contribution is 2.43. The van der Waals surface area contributed by atoms with Crippen LogP contribution in [0.2, 0.25) is 0 Å². The highest BCUT2D eigenvalue weighted by Gasteiger charge is 2.23. The first-order chi connectivity index (χ1) is 13.0. The number of nitrogens with zero attached hydrogens (tertiary/aromatic N) is 1. The smallest absolute Gasteiger partial charge is 0.310 e. The number of carbonyl (C=O) groups excluding carboxylic acids is 2. The maximum atomic E-state index is 12.2. The molecule has 0 amide bonds. The van der Waals surface area contributed by atoms with Gasteiger partial charge in [0.15, 0.2) is 6.29 Å². The summed E-state index contributed by atoms with van der Waals surface area (Å²) in [5.41, 5.74) is 2.13. The summed E-state index contributed by atoms with van der Waals surface area (Å²) in [6, 6.07) is 9.86. The van der Waals surface area contributed by atoms with Gasteiger partial charge >= 0.3 is 5.97 Å². The van der Waals surface area contributed by atoms with Gasteiger partial charge in [0.2, 0.25) is 0 Å². The number of ether oxygens (including phenoxy) is 1. The van der Waals surface area contributed by atoms with Crippen LogP contribution in [0.4, 0.5) is 5.69 Å². The molecule has 0 spiro atoms. The molecule has 0 radical (unpaired) electrons. The van der Waals surface area contributed by atoms with Crippen LogP contribution in [0, 0.1) is 10.1 Å². The number of hydrogen-bond donors (Lipinski definition) is 0. The quantitative estimate of drug-likeness (QED) is 0.241. The molecule has 0 N–H and O–H groups in total. The molecule has 8 heteroatoms. The first-order valence-electron chi connectivity index (χ1n) is 8.10. The average Bonchev–Trinajstić information content (AvgIpc) is 3.29. The molecule has 6 nitrogen and oxygen atoms in total. The fourth-order valence-electron chi connectivity index (χ4n) is 2.75. The average molecular weight is 401 g/mol. The van der Waals surface area contributed by atoms with Crippen molar-refractivity contribution in [2.24, 2.45) is 0 Å². The van der Waals surface area contributed by atoms with Crippen molar-refractivity contribution in [2.45, 2.75) is 13.3 Å². The lowest BCUT2D eigenvalue weighted by Crippen LogP contribution is -2.08. The van der Waals surface area contributed by atoms with E-state index in [1.807, 2.05) is 17.5 Å². The van der Waals surface area contributed by atoms with Gasteiger partial charge in [0, 0.05) is 27.5 Å². The third-order valence-electron chi connectivity index (χ3n) is 3.88. The molecule has 0 aliphatic carbocycles. The summed E-state index contributed by atoms with van der Waals surface area (Å²) in [4.78, 5) is 36.4. The van der Waals surface area contributed by atoms with E-state index < -0.39 is 4.92 Å². The molecule has 1 aromatic carbocycles. The molecule has 3 rings (SSSR count). The molecule has 0 aliphatic rings. The molecule has 0 atom stereocenters. The third kappa shape index (κ3) is 3.96. The van der Waals surface area contributed by atoms with Crippen molar-refractivity contribution >= 4 is 40.6 Å². The van der Waals surface area contributed by atoms with Crippen LogP contribution < -0.4 is 0 Å². The minimum Gasteiger partial charge on any atom is -0.466 e. The van der Waals surface area contributed by atoms with Crippen molar-refractivity contribution in [2.75, 3.05) is 6.61 Å². The number of thiophene rings is 2. The summed E-state index contributed by atoms with van der Waals surface area (Å²) in [5, 5.41) is 12.8. The zero-order valence-corrected chi connectivity index (χ0v) is 16.0. The number of esters is 1. The molecule has 138 valence electrons. The molecular weight excluding hydrogens is 386 g/mol. The first kappa shape index (κ1) is 18.9. The fourth-order valence-corrected chi connectivity index (χ4v) is 4.78. The van der Waals surface area contributed by atoms with Crippen LogP contribution in [0.15, 0.2) is 41.8 Å². The van der Waals surface area contributed by atoms with Gasteiger partial charge in [-0.2, -0.15) is 0 Å². The standard InChI is InChI=1S/C19H15NO5S2/c1-2-25-17(22)10-14-18(15-4-3-9-26-15)16(11-21)27-19(14)12-5-7-13(8-6-12)20(23)24/h3-9,11H,2,10H2,1H3. The van der Waals surface area contributed by atoms with Crippen LogP contribution in [0.1, 0.15) is 22.2 Å². The Hall–Kier alpha value is -2.84.